The van der Waals surface area contributed by atoms with Gasteiger partial charge < -0.3 is 9.80 Å². The van der Waals surface area contributed by atoms with Crippen LogP contribution in [0.2, 0.25) is 0 Å². The molecule has 5 rings (SSSR count). The number of benzene rings is 2. The Morgan fingerprint density at radius 2 is 1.69 bits per heavy atom. The highest BCUT2D eigenvalue weighted by molar-refractivity contribution is 7.90. The Labute approximate surface area is 210 Å². The van der Waals surface area contributed by atoms with Gasteiger partial charge in [-0.1, -0.05) is 30.3 Å². The Balaban J connectivity index is 1.58. The SMILES string of the molecule is CN1CCN(/C(=N/S(=O)(=O)c2ccc(F)cc2)N2CC(c3ccccc3)C(c3cccnc3)=N2)CC1. The van der Waals surface area contributed by atoms with Crippen molar-refractivity contribution < 1.29 is 12.8 Å². The maximum absolute atomic E-state index is 13.4. The molecule has 0 bridgehead atoms. The number of hydrogen-bond acceptors (Lipinski definition) is 5. The third-order valence-corrected chi connectivity index (χ3v) is 7.68. The van der Waals surface area contributed by atoms with Gasteiger partial charge in [0.2, 0.25) is 5.96 Å². The lowest BCUT2D eigenvalue weighted by Crippen LogP contribution is -2.51. The molecule has 1 atom stereocenters. The maximum Gasteiger partial charge on any atom is 0.285 e. The first-order valence-electron chi connectivity index (χ1n) is 11.8. The molecule has 36 heavy (non-hydrogen) atoms. The molecule has 0 amide bonds. The molecule has 2 aliphatic heterocycles. The minimum absolute atomic E-state index is 0.0641. The van der Waals surface area contributed by atoms with Crippen LogP contribution in [-0.4, -0.2) is 79.7 Å². The molecule has 2 aliphatic rings. The van der Waals surface area contributed by atoms with E-state index in [2.05, 4.69) is 14.3 Å². The number of nitrogens with zero attached hydrogens (tertiary/aromatic N) is 6. The highest BCUT2D eigenvalue weighted by atomic mass is 32.2. The summed E-state index contributed by atoms with van der Waals surface area (Å²) < 4.78 is 44.3. The number of guanidine groups is 1. The summed E-state index contributed by atoms with van der Waals surface area (Å²) in [5.74, 6) is -0.331. The van der Waals surface area contributed by atoms with Gasteiger partial charge in [-0.25, -0.2) is 9.40 Å². The van der Waals surface area contributed by atoms with Gasteiger partial charge >= 0.3 is 0 Å². The van der Waals surface area contributed by atoms with Crippen molar-refractivity contribution >= 4 is 21.7 Å². The van der Waals surface area contributed by atoms with Crippen molar-refractivity contribution in [3.63, 3.8) is 0 Å². The van der Waals surface area contributed by atoms with Crippen LogP contribution in [-0.2, 0) is 10.0 Å². The van der Waals surface area contributed by atoms with E-state index >= 15 is 0 Å². The predicted molar refractivity (Wildman–Crippen MR) is 137 cm³/mol. The Morgan fingerprint density at radius 1 is 0.972 bits per heavy atom. The Bertz CT molecular complexity index is 1360. The summed E-state index contributed by atoms with van der Waals surface area (Å²) in [4.78, 5) is 8.34. The summed E-state index contributed by atoms with van der Waals surface area (Å²) in [6.45, 7) is 3.19. The zero-order valence-corrected chi connectivity index (χ0v) is 20.7. The third kappa shape index (κ3) is 5.14. The zero-order valence-electron chi connectivity index (χ0n) is 19.9. The highest BCUT2D eigenvalue weighted by Gasteiger charge is 2.35. The van der Waals surface area contributed by atoms with Crippen LogP contribution in [0.3, 0.4) is 0 Å². The summed E-state index contributed by atoms with van der Waals surface area (Å²) >= 11 is 0. The van der Waals surface area contributed by atoms with Gasteiger partial charge in [0, 0.05) is 50.1 Å². The first-order chi connectivity index (χ1) is 17.4. The second-order valence-electron chi connectivity index (χ2n) is 8.88. The lowest BCUT2D eigenvalue weighted by molar-refractivity contribution is 0.198. The monoisotopic (exact) mass is 506 g/mol. The lowest BCUT2D eigenvalue weighted by atomic mass is 9.91. The molecule has 0 N–H and O–H groups in total. The summed E-state index contributed by atoms with van der Waals surface area (Å²) in [6, 6.07) is 18.5. The largest absolute Gasteiger partial charge is 0.338 e. The van der Waals surface area contributed by atoms with Crippen molar-refractivity contribution in [2.45, 2.75) is 10.8 Å². The van der Waals surface area contributed by atoms with Crippen LogP contribution < -0.4 is 0 Å². The molecule has 0 saturated carbocycles. The standard InChI is InChI=1S/C26H27FN6O2S/c1-31-14-16-32(17-15-31)26(30-36(34,35)23-11-9-22(27)10-12-23)33-19-24(20-6-3-2-4-7-20)25(29-33)21-8-5-13-28-18-21/h2-13,18,24H,14-17,19H2,1H3/b30-26-. The molecule has 1 fully saturated rings. The summed E-state index contributed by atoms with van der Waals surface area (Å²) in [7, 11) is -2.07. The predicted octanol–water partition coefficient (Wildman–Crippen LogP) is 3.02. The van der Waals surface area contributed by atoms with Crippen LogP contribution in [0.5, 0.6) is 0 Å². The van der Waals surface area contributed by atoms with Crippen LogP contribution in [0.4, 0.5) is 4.39 Å². The normalized spacial score (nSPS) is 19.4. The lowest BCUT2D eigenvalue weighted by Gasteiger charge is -2.36. The van der Waals surface area contributed by atoms with Crippen LogP contribution in [0.1, 0.15) is 17.0 Å². The highest BCUT2D eigenvalue weighted by Crippen LogP contribution is 2.30. The van der Waals surface area contributed by atoms with Gasteiger partial charge in [-0.2, -0.15) is 13.5 Å². The van der Waals surface area contributed by atoms with E-state index in [1.165, 1.54) is 12.1 Å². The van der Waals surface area contributed by atoms with Crippen LogP contribution in [0.15, 0.2) is 93.5 Å². The van der Waals surface area contributed by atoms with Crippen molar-refractivity contribution in [3.05, 3.63) is 96.1 Å². The summed E-state index contributed by atoms with van der Waals surface area (Å²) in [5, 5.41) is 6.59. The third-order valence-electron chi connectivity index (χ3n) is 6.40. The first-order valence-corrected chi connectivity index (χ1v) is 13.2. The molecule has 2 aromatic carbocycles. The number of aromatic nitrogens is 1. The second kappa shape index (κ2) is 10.2. The Morgan fingerprint density at radius 3 is 2.36 bits per heavy atom. The van der Waals surface area contributed by atoms with Gasteiger partial charge in [0.25, 0.3) is 10.0 Å². The van der Waals surface area contributed by atoms with Crippen molar-refractivity contribution in [2.75, 3.05) is 39.8 Å². The molecular weight excluding hydrogens is 479 g/mol. The molecule has 0 radical (unpaired) electrons. The zero-order chi connectivity index (χ0) is 25.1. The van der Waals surface area contributed by atoms with Crippen LogP contribution >= 0.6 is 0 Å². The van der Waals surface area contributed by atoms with Crippen molar-refractivity contribution in [1.82, 2.24) is 19.8 Å². The van der Waals surface area contributed by atoms with Crippen molar-refractivity contribution in [3.8, 4) is 0 Å². The van der Waals surface area contributed by atoms with E-state index in [0.29, 0.717) is 19.6 Å². The minimum atomic E-state index is -4.10. The average Bonchev–Trinajstić information content (AvgIpc) is 3.35. The molecule has 1 unspecified atom stereocenters. The van der Waals surface area contributed by atoms with E-state index in [9.17, 15) is 12.8 Å². The maximum atomic E-state index is 13.4. The van der Waals surface area contributed by atoms with E-state index < -0.39 is 15.8 Å². The van der Waals surface area contributed by atoms with Crippen LogP contribution in [0, 0.1) is 5.82 Å². The first kappa shape index (κ1) is 24.1. The Hall–Kier alpha value is -3.63. The molecule has 8 nitrogen and oxygen atoms in total. The van der Waals surface area contributed by atoms with Gasteiger partial charge in [-0.3, -0.25) is 4.98 Å². The summed E-state index contributed by atoms with van der Waals surface area (Å²) in [5.41, 5.74) is 2.74. The van der Waals surface area contributed by atoms with Gasteiger partial charge in [0.05, 0.1) is 17.2 Å². The second-order valence-corrected chi connectivity index (χ2v) is 10.5. The molecule has 0 aliphatic carbocycles. The summed E-state index contributed by atoms with van der Waals surface area (Å²) in [6.07, 6.45) is 3.47. The minimum Gasteiger partial charge on any atom is -0.338 e. The smallest absolute Gasteiger partial charge is 0.285 e. The molecular formula is C26H27FN6O2S. The van der Waals surface area contributed by atoms with E-state index in [-0.39, 0.29) is 16.8 Å². The fourth-order valence-electron chi connectivity index (χ4n) is 4.39. The molecule has 1 saturated heterocycles. The Kier molecular flexibility index (Phi) is 6.80. The number of pyridine rings is 1. The molecule has 0 spiro atoms. The van der Waals surface area contributed by atoms with Crippen LogP contribution in [0.25, 0.3) is 0 Å². The molecule has 3 aromatic rings. The number of rotatable bonds is 4. The number of halogens is 1. The topological polar surface area (TPSA) is 81.5 Å². The number of likely N-dealkylation sites (N-methyl/N-ethyl adjacent to an activating group) is 1. The average molecular weight is 507 g/mol. The quantitative estimate of drug-likeness (QED) is 0.400. The fraction of sp³-hybridized carbons (Fsp3) is 0.269. The fourth-order valence-corrected chi connectivity index (χ4v) is 5.40. The van der Waals surface area contributed by atoms with Crippen molar-refractivity contribution in [2.24, 2.45) is 9.50 Å². The van der Waals surface area contributed by atoms with E-state index in [1.54, 1.807) is 17.4 Å². The number of piperazine rings is 1. The van der Waals surface area contributed by atoms with Gasteiger partial charge in [0.1, 0.15) is 5.82 Å². The van der Waals surface area contributed by atoms with Gasteiger partial charge in [-0.05, 0) is 49.0 Å². The van der Waals surface area contributed by atoms with E-state index in [1.807, 2.05) is 54.4 Å². The van der Waals surface area contributed by atoms with E-state index in [4.69, 9.17) is 5.10 Å². The van der Waals surface area contributed by atoms with Gasteiger partial charge in [0.15, 0.2) is 0 Å². The molecule has 10 heteroatoms. The molecule has 1 aromatic heterocycles. The van der Waals surface area contributed by atoms with Gasteiger partial charge in [-0.15, -0.1) is 4.40 Å². The number of sulfonamides is 1. The number of hydrogen-bond donors (Lipinski definition) is 0. The molecule has 186 valence electrons. The van der Waals surface area contributed by atoms with Crippen molar-refractivity contribution in [1.29, 1.82) is 0 Å². The number of hydrazone groups is 1. The van der Waals surface area contributed by atoms with E-state index in [0.717, 1.165) is 42.1 Å². The molecule has 3 heterocycles.